The lowest BCUT2D eigenvalue weighted by molar-refractivity contribution is -0.144. The number of carboxylic acids is 5. The fraction of sp³-hybridized carbons (Fsp3) is 0.375. The molecular weight excluding hydrogens is 871 g/mol. The van der Waals surface area contributed by atoms with Crippen molar-refractivity contribution in [3.8, 4) is 11.5 Å². The molecule has 1 aliphatic carbocycles. The molecule has 2 aromatic carbocycles. The molecule has 64 heavy (non-hydrogen) atoms. The highest BCUT2D eigenvalue weighted by atomic mass is 31.2. The molecule has 11 N–H and O–H groups in total. The molecule has 0 fully saturated rings. The summed E-state index contributed by atoms with van der Waals surface area (Å²) in [6.45, 7) is -1.02. The summed E-state index contributed by atoms with van der Waals surface area (Å²) in [5.41, 5.74) is 0.788. The fourth-order valence-corrected chi connectivity index (χ4v) is 7.77. The van der Waals surface area contributed by atoms with E-state index in [0.717, 1.165) is 0 Å². The lowest BCUT2D eigenvalue weighted by atomic mass is 9.74. The van der Waals surface area contributed by atoms with Gasteiger partial charge in [-0.05, 0) is 55.5 Å². The van der Waals surface area contributed by atoms with Gasteiger partial charge in [0.1, 0.15) is 29.3 Å². The first kappa shape index (κ1) is 49.7. The normalized spacial score (nSPS) is 17.4. The summed E-state index contributed by atoms with van der Waals surface area (Å²) in [6, 6.07) is 3.21. The summed E-state index contributed by atoms with van der Waals surface area (Å²) in [7, 11) is -5.03. The van der Waals surface area contributed by atoms with E-state index in [9.17, 15) is 73.0 Å². The van der Waals surface area contributed by atoms with Crippen LogP contribution in [0.5, 0.6) is 11.5 Å². The zero-order valence-electron chi connectivity index (χ0n) is 33.6. The third-order valence-corrected chi connectivity index (χ3v) is 11.0. The number of ketones is 1. The number of aliphatic carboxylic acids is 4. The zero-order valence-corrected chi connectivity index (χ0v) is 34.5. The summed E-state index contributed by atoms with van der Waals surface area (Å²) in [5, 5.41) is 65.7. The Kier molecular flexibility index (Phi) is 17.4. The number of ether oxygens (including phenoxy) is 1. The minimum absolute atomic E-state index is 0.0505. The van der Waals surface area contributed by atoms with Crippen LogP contribution >= 0.6 is 7.75 Å². The highest BCUT2D eigenvalue weighted by Crippen LogP contribution is 2.49. The van der Waals surface area contributed by atoms with Crippen LogP contribution in [0, 0.1) is 5.92 Å². The van der Waals surface area contributed by atoms with Crippen LogP contribution in [0.3, 0.4) is 0 Å². The monoisotopic (exact) mass is 916 g/mol. The first-order valence-electron chi connectivity index (χ1n) is 19.5. The molecular formula is C40H45N4O19P. The smallest absolute Gasteiger partial charge is 0.403 e. The second-order valence-electron chi connectivity index (χ2n) is 14.5. The summed E-state index contributed by atoms with van der Waals surface area (Å²) in [5.74, 6) is -11.0. The van der Waals surface area contributed by atoms with Gasteiger partial charge in [0, 0.05) is 60.9 Å². The molecule has 1 aliphatic heterocycles. The standard InChI is InChI=1S/C40H45N4O19P/c45-21-6-9-24-30(17-21)63-31-18-22(46)7-10-25(31)35(24)23-8-5-20(16-26(23)37(52)53)36(51)41-15-3-1-2-4-32(47)42-27(38(54)55)11-13-33(48)43-29(40(58)59)19-62-64(60,61)44-28(39(56)57)12-14-34(49)50/h5-10,16-18,24,27-29,35,46H,1-4,11-15,19H2,(H,41,51)(H,42,47)(H,43,48)(H,49,50)(H,52,53)(H,54,55)(H,56,57)(H,58,59)(H2,44,60,61)/t24?,27-,28-,29-,35?/m0/s1. The van der Waals surface area contributed by atoms with Crippen molar-refractivity contribution in [2.75, 3.05) is 13.2 Å². The van der Waals surface area contributed by atoms with Gasteiger partial charge in [-0.15, -0.1) is 0 Å². The van der Waals surface area contributed by atoms with Gasteiger partial charge in [0.15, 0.2) is 11.8 Å². The van der Waals surface area contributed by atoms with Crippen LogP contribution in [-0.4, -0.2) is 120 Å². The van der Waals surface area contributed by atoms with Crippen molar-refractivity contribution in [2.45, 2.75) is 75.4 Å². The highest BCUT2D eigenvalue weighted by Gasteiger charge is 2.39. The summed E-state index contributed by atoms with van der Waals surface area (Å²) in [6.07, 6.45) is 2.71. The van der Waals surface area contributed by atoms with Gasteiger partial charge in [-0.2, -0.15) is 0 Å². The van der Waals surface area contributed by atoms with Crippen LogP contribution in [0.2, 0.25) is 0 Å². The number of rotatable bonds is 25. The molecule has 0 radical (unpaired) electrons. The molecule has 2 aromatic rings. The van der Waals surface area contributed by atoms with E-state index in [-0.39, 0.29) is 53.6 Å². The first-order valence-corrected chi connectivity index (χ1v) is 21.1. The van der Waals surface area contributed by atoms with Gasteiger partial charge in [-0.25, -0.2) is 24.0 Å². The average molecular weight is 917 g/mol. The quantitative estimate of drug-likeness (QED) is 0.0496. The van der Waals surface area contributed by atoms with E-state index in [4.69, 9.17) is 14.9 Å². The molecule has 1 heterocycles. The maximum absolute atomic E-state index is 13.0. The molecule has 0 saturated heterocycles. The van der Waals surface area contributed by atoms with Crippen molar-refractivity contribution >= 4 is 61.1 Å². The SMILES string of the molecule is O=C1C=CC2C(=C1)Oc1cc(O)ccc1C2c1ccc(C(=O)NCCCCCC(=O)N[C@@H](CCC(=O)N[C@@H](COP(=O)(O)N[C@@H](CCC(=O)O)C(=O)O)C(=O)O)C(=O)O)cc1C(=O)O. The number of unbranched alkanes of at least 4 members (excludes halogenated alkanes) is 2. The van der Waals surface area contributed by atoms with Crippen LogP contribution in [0.25, 0.3) is 0 Å². The first-order chi connectivity index (χ1) is 30.1. The number of carboxylic acid groups (broad SMARTS) is 5. The second-order valence-corrected chi connectivity index (χ2v) is 16.1. The van der Waals surface area contributed by atoms with Crippen LogP contribution in [0.4, 0.5) is 0 Å². The molecule has 0 spiro atoms. The van der Waals surface area contributed by atoms with E-state index in [1.54, 1.807) is 17.2 Å². The molecule has 2 aliphatic rings. The summed E-state index contributed by atoms with van der Waals surface area (Å²) in [4.78, 5) is 118. The van der Waals surface area contributed by atoms with Gasteiger partial charge in [0.25, 0.3) is 5.91 Å². The topological polar surface area (TPSA) is 379 Å². The number of carbonyl (C=O) groups is 9. The van der Waals surface area contributed by atoms with E-state index in [0.29, 0.717) is 24.0 Å². The van der Waals surface area contributed by atoms with Crippen LogP contribution in [-0.2, 0) is 42.7 Å². The number of hydrogen-bond acceptors (Lipinski definition) is 13. The predicted octanol–water partition coefficient (Wildman–Crippen LogP) is 1.49. The Morgan fingerprint density at radius 2 is 1.41 bits per heavy atom. The molecule has 344 valence electrons. The van der Waals surface area contributed by atoms with Crippen molar-refractivity contribution in [3.63, 3.8) is 0 Å². The van der Waals surface area contributed by atoms with Gasteiger partial charge >= 0.3 is 37.6 Å². The molecule has 6 atom stereocenters. The molecule has 0 saturated carbocycles. The number of fused-ring (bicyclic) bond motifs is 2. The maximum Gasteiger partial charge on any atom is 0.403 e. The number of aromatic hydroxyl groups is 1. The third kappa shape index (κ3) is 14.3. The van der Waals surface area contributed by atoms with Crippen molar-refractivity contribution in [2.24, 2.45) is 5.92 Å². The van der Waals surface area contributed by atoms with E-state index in [1.165, 1.54) is 42.5 Å². The maximum atomic E-state index is 13.0. The Balaban J connectivity index is 1.22. The number of phenols is 1. The lowest BCUT2D eigenvalue weighted by Crippen LogP contribution is -2.46. The molecule has 24 heteroatoms. The van der Waals surface area contributed by atoms with Crippen molar-refractivity contribution in [1.82, 2.24) is 21.0 Å². The van der Waals surface area contributed by atoms with Crippen molar-refractivity contribution < 1.29 is 92.5 Å². The second kappa shape index (κ2) is 22.4. The molecule has 23 nitrogen and oxygen atoms in total. The fourth-order valence-electron chi connectivity index (χ4n) is 6.71. The Morgan fingerprint density at radius 1 is 0.766 bits per heavy atom. The Labute approximate surface area is 362 Å². The number of allylic oxidation sites excluding steroid dienone is 3. The number of amides is 3. The van der Waals surface area contributed by atoms with Crippen LogP contribution < -0.4 is 25.8 Å². The van der Waals surface area contributed by atoms with E-state index < -0.39 is 118 Å². The van der Waals surface area contributed by atoms with Gasteiger partial charge in [-0.3, -0.25) is 33.3 Å². The van der Waals surface area contributed by atoms with E-state index >= 15 is 0 Å². The Morgan fingerprint density at radius 3 is 2.06 bits per heavy atom. The van der Waals surface area contributed by atoms with Crippen molar-refractivity contribution in [3.05, 3.63) is 82.6 Å². The molecule has 3 amide bonds. The van der Waals surface area contributed by atoms with Gasteiger partial charge < -0.3 is 56.2 Å². The van der Waals surface area contributed by atoms with Gasteiger partial charge in [0.05, 0.1) is 12.2 Å². The number of carbonyl (C=O) groups excluding carboxylic acids is 4. The van der Waals surface area contributed by atoms with E-state index in [2.05, 4.69) is 15.2 Å². The number of aromatic carboxylic acids is 1. The summed E-state index contributed by atoms with van der Waals surface area (Å²) >= 11 is 0. The number of benzene rings is 2. The molecule has 0 aromatic heterocycles. The van der Waals surface area contributed by atoms with Gasteiger partial charge in [0.2, 0.25) is 11.8 Å². The number of nitrogens with one attached hydrogen (secondary N) is 4. The highest BCUT2D eigenvalue weighted by molar-refractivity contribution is 7.50. The third-order valence-electron chi connectivity index (χ3n) is 9.85. The summed E-state index contributed by atoms with van der Waals surface area (Å²) < 4.78 is 22.8. The average Bonchev–Trinajstić information content (AvgIpc) is 3.21. The van der Waals surface area contributed by atoms with E-state index in [1.807, 2.05) is 5.32 Å². The Hall–Kier alpha value is -6.94. The van der Waals surface area contributed by atoms with Gasteiger partial charge in [-0.1, -0.05) is 24.6 Å². The number of hydrogen-bond donors (Lipinski definition) is 11. The largest absolute Gasteiger partial charge is 0.508 e. The molecule has 3 unspecified atom stereocenters. The number of phenolic OH excluding ortho intramolecular Hbond substituents is 1. The van der Waals surface area contributed by atoms with Crippen LogP contribution in [0.1, 0.15) is 89.1 Å². The predicted molar refractivity (Wildman–Crippen MR) is 216 cm³/mol. The minimum atomic E-state index is -5.03. The lowest BCUT2D eigenvalue weighted by Gasteiger charge is -2.35. The zero-order chi connectivity index (χ0) is 47.3. The molecule has 0 bridgehead atoms. The minimum Gasteiger partial charge on any atom is -0.508 e. The Bertz CT molecular complexity index is 2290. The molecule has 4 rings (SSSR count). The van der Waals surface area contributed by atoms with Crippen molar-refractivity contribution in [1.29, 1.82) is 0 Å². The van der Waals surface area contributed by atoms with Crippen LogP contribution in [0.15, 0.2) is 60.4 Å².